The van der Waals surface area contributed by atoms with Crippen LogP contribution in [0.1, 0.15) is 39.5 Å². The van der Waals surface area contributed by atoms with Gasteiger partial charge in [0, 0.05) is 0 Å². The number of hydrogen-bond acceptors (Lipinski definition) is 0. The highest BCUT2D eigenvalue weighted by molar-refractivity contribution is 5.29. The first-order valence-electron chi connectivity index (χ1n) is 5.78. The van der Waals surface area contributed by atoms with Gasteiger partial charge in [0.2, 0.25) is 0 Å². The van der Waals surface area contributed by atoms with Crippen molar-refractivity contribution in [2.24, 2.45) is 5.92 Å². The van der Waals surface area contributed by atoms with E-state index in [1.165, 1.54) is 11.1 Å². The van der Waals surface area contributed by atoms with Crippen molar-refractivity contribution in [1.82, 2.24) is 0 Å². The predicted molar refractivity (Wildman–Crippen MR) is 64.6 cm³/mol. The van der Waals surface area contributed by atoms with Gasteiger partial charge in [-0.2, -0.15) is 0 Å². The Labute approximate surface area is 92.6 Å². The van der Waals surface area contributed by atoms with Gasteiger partial charge in [-0.3, -0.25) is 0 Å². The standard InChI is InChI=1S/C14H21F/c1-4-11(3)10-12(5-2)13-6-8-14(15)9-7-13/h4-5,10,13-14H,1,6-9H2,2-3H3/b11-10-,12-5+. The van der Waals surface area contributed by atoms with Crippen molar-refractivity contribution >= 4 is 0 Å². The van der Waals surface area contributed by atoms with Crippen LogP contribution in [0.3, 0.4) is 0 Å². The van der Waals surface area contributed by atoms with E-state index in [0.29, 0.717) is 5.92 Å². The molecule has 1 aliphatic carbocycles. The Balaban J connectivity index is 2.64. The van der Waals surface area contributed by atoms with Crippen molar-refractivity contribution in [2.45, 2.75) is 45.7 Å². The van der Waals surface area contributed by atoms with Crippen LogP contribution in [-0.2, 0) is 0 Å². The molecule has 1 heteroatoms. The van der Waals surface area contributed by atoms with E-state index in [1.807, 2.05) is 6.08 Å². The summed E-state index contributed by atoms with van der Waals surface area (Å²) in [6, 6.07) is 0. The van der Waals surface area contributed by atoms with Crippen LogP contribution >= 0.6 is 0 Å². The molecule has 0 amide bonds. The number of allylic oxidation sites excluding steroid dienone is 5. The molecule has 84 valence electrons. The summed E-state index contributed by atoms with van der Waals surface area (Å²) in [6.45, 7) is 7.86. The lowest BCUT2D eigenvalue weighted by atomic mass is 9.82. The summed E-state index contributed by atoms with van der Waals surface area (Å²) < 4.78 is 13.0. The summed E-state index contributed by atoms with van der Waals surface area (Å²) in [4.78, 5) is 0. The molecular formula is C14H21F. The van der Waals surface area contributed by atoms with Crippen LogP contribution < -0.4 is 0 Å². The normalized spacial score (nSPS) is 29.0. The third-order valence-electron chi connectivity index (χ3n) is 3.18. The number of rotatable bonds is 3. The molecule has 1 saturated carbocycles. The van der Waals surface area contributed by atoms with Crippen molar-refractivity contribution < 1.29 is 4.39 Å². The fourth-order valence-corrected chi connectivity index (χ4v) is 2.14. The van der Waals surface area contributed by atoms with Crippen LogP contribution in [0.25, 0.3) is 0 Å². The van der Waals surface area contributed by atoms with E-state index in [-0.39, 0.29) is 0 Å². The van der Waals surface area contributed by atoms with E-state index in [0.717, 1.165) is 25.7 Å². The van der Waals surface area contributed by atoms with Gasteiger partial charge in [-0.15, -0.1) is 0 Å². The van der Waals surface area contributed by atoms with Crippen LogP contribution in [0.15, 0.2) is 36.0 Å². The van der Waals surface area contributed by atoms with Crippen LogP contribution in [0.2, 0.25) is 0 Å². The van der Waals surface area contributed by atoms with Crippen molar-refractivity contribution in [3.63, 3.8) is 0 Å². The lowest BCUT2D eigenvalue weighted by molar-refractivity contribution is 0.223. The van der Waals surface area contributed by atoms with Gasteiger partial charge in [0.1, 0.15) is 6.17 Å². The highest BCUT2D eigenvalue weighted by atomic mass is 19.1. The SMILES string of the molecule is C=C/C(C)=C\C(=C/C)C1CCC(F)CC1. The summed E-state index contributed by atoms with van der Waals surface area (Å²) >= 11 is 0. The topological polar surface area (TPSA) is 0 Å². The summed E-state index contributed by atoms with van der Waals surface area (Å²) in [7, 11) is 0. The molecule has 0 saturated heterocycles. The number of halogens is 1. The Kier molecular flexibility index (Phi) is 4.80. The van der Waals surface area contributed by atoms with Crippen molar-refractivity contribution in [3.05, 3.63) is 36.0 Å². The zero-order valence-corrected chi connectivity index (χ0v) is 9.80. The highest BCUT2D eigenvalue weighted by Gasteiger charge is 2.21. The van der Waals surface area contributed by atoms with E-state index in [9.17, 15) is 4.39 Å². The highest BCUT2D eigenvalue weighted by Crippen LogP contribution is 2.32. The molecule has 0 aliphatic heterocycles. The van der Waals surface area contributed by atoms with E-state index in [1.54, 1.807) is 0 Å². The van der Waals surface area contributed by atoms with Gasteiger partial charge in [0.25, 0.3) is 0 Å². The third kappa shape index (κ3) is 3.65. The Hall–Kier alpha value is -0.850. The first-order valence-corrected chi connectivity index (χ1v) is 5.78. The maximum absolute atomic E-state index is 13.0. The Morgan fingerprint density at radius 1 is 1.27 bits per heavy atom. The molecule has 0 spiro atoms. The van der Waals surface area contributed by atoms with Gasteiger partial charge >= 0.3 is 0 Å². The molecule has 0 nitrogen and oxygen atoms in total. The fourth-order valence-electron chi connectivity index (χ4n) is 2.14. The number of hydrogen-bond donors (Lipinski definition) is 0. The largest absolute Gasteiger partial charge is 0.247 e. The maximum atomic E-state index is 13.0. The smallest absolute Gasteiger partial charge is 0.100 e. The zero-order valence-electron chi connectivity index (χ0n) is 9.80. The second kappa shape index (κ2) is 5.89. The Bertz CT molecular complexity index is 265. The molecule has 0 aromatic rings. The van der Waals surface area contributed by atoms with Crippen molar-refractivity contribution in [3.8, 4) is 0 Å². The van der Waals surface area contributed by atoms with Gasteiger partial charge in [-0.05, 0) is 51.0 Å². The summed E-state index contributed by atoms with van der Waals surface area (Å²) in [5.41, 5.74) is 2.53. The maximum Gasteiger partial charge on any atom is 0.100 e. The predicted octanol–water partition coefficient (Wildman–Crippen LogP) is 4.59. The monoisotopic (exact) mass is 208 g/mol. The molecule has 0 unspecified atom stereocenters. The minimum atomic E-state index is -0.566. The molecule has 0 heterocycles. The molecular weight excluding hydrogens is 187 g/mol. The molecule has 1 rings (SSSR count). The number of alkyl halides is 1. The minimum Gasteiger partial charge on any atom is -0.247 e. The summed E-state index contributed by atoms with van der Waals surface area (Å²) in [6.07, 6.45) is 9.05. The Morgan fingerprint density at radius 3 is 2.33 bits per heavy atom. The molecule has 0 aromatic heterocycles. The minimum absolute atomic E-state index is 0.553. The van der Waals surface area contributed by atoms with Gasteiger partial charge in [-0.25, -0.2) is 4.39 Å². The lowest BCUT2D eigenvalue weighted by Crippen LogP contribution is -2.16. The van der Waals surface area contributed by atoms with Crippen LogP contribution in [0.4, 0.5) is 4.39 Å². The second-order valence-corrected chi connectivity index (χ2v) is 4.33. The molecule has 1 aliphatic rings. The van der Waals surface area contributed by atoms with Gasteiger partial charge in [-0.1, -0.05) is 30.4 Å². The van der Waals surface area contributed by atoms with E-state index in [2.05, 4.69) is 32.6 Å². The first kappa shape index (κ1) is 12.2. The summed E-state index contributed by atoms with van der Waals surface area (Å²) in [5.74, 6) is 0.553. The lowest BCUT2D eigenvalue weighted by Gasteiger charge is -2.25. The van der Waals surface area contributed by atoms with Crippen LogP contribution in [-0.4, -0.2) is 6.17 Å². The molecule has 0 bridgehead atoms. The van der Waals surface area contributed by atoms with E-state index < -0.39 is 6.17 Å². The van der Waals surface area contributed by atoms with Gasteiger partial charge < -0.3 is 0 Å². The fraction of sp³-hybridized carbons (Fsp3) is 0.571. The molecule has 0 radical (unpaired) electrons. The van der Waals surface area contributed by atoms with E-state index >= 15 is 0 Å². The third-order valence-corrected chi connectivity index (χ3v) is 3.18. The van der Waals surface area contributed by atoms with E-state index in [4.69, 9.17) is 0 Å². The van der Waals surface area contributed by atoms with Crippen LogP contribution in [0, 0.1) is 5.92 Å². The molecule has 1 fully saturated rings. The molecule has 15 heavy (non-hydrogen) atoms. The van der Waals surface area contributed by atoms with Gasteiger partial charge in [0.05, 0.1) is 0 Å². The average molecular weight is 208 g/mol. The second-order valence-electron chi connectivity index (χ2n) is 4.33. The van der Waals surface area contributed by atoms with Gasteiger partial charge in [0.15, 0.2) is 0 Å². The Morgan fingerprint density at radius 2 is 1.87 bits per heavy atom. The molecule has 0 N–H and O–H groups in total. The van der Waals surface area contributed by atoms with Crippen LogP contribution in [0.5, 0.6) is 0 Å². The first-order chi connectivity index (χ1) is 7.17. The summed E-state index contributed by atoms with van der Waals surface area (Å²) in [5, 5.41) is 0. The molecule has 0 atom stereocenters. The zero-order chi connectivity index (χ0) is 11.3. The molecule has 0 aromatic carbocycles. The van der Waals surface area contributed by atoms with Crippen molar-refractivity contribution in [2.75, 3.05) is 0 Å². The quantitative estimate of drug-likeness (QED) is 0.595. The average Bonchev–Trinajstić information content (AvgIpc) is 2.27. The van der Waals surface area contributed by atoms with Crippen molar-refractivity contribution in [1.29, 1.82) is 0 Å².